The number of hydrogen-bond acceptors (Lipinski definition) is 4. The molecule has 6 nitrogen and oxygen atoms in total. The molecule has 120 valence electrons. The van der Waals surface area contributed by atoms with Crippen LogP contribution in [0.1, 0.15) is 36.5 Å². The zero-order chi connectivity index (χ0) is 16.7. The molecule has 2 N–H and O–H groups in total. The Kier molecular flexibility index (Phi) is 6.49. The molecule has 0 aromatic heterocycles. The van der Waals surface area contributed by atoms with E-state index in [1.807, 2.05) is 0 Å². The summed E-state index contributed by atoms with van der Waals surface area (Å²) in [5, 5.41) is 11.1. The molecule has 0 fully saturated rings. The summed E-state index contributed by atoms with van der Waals surface area (Å²) in [6.45, 7) is 1.63. The summed E-state index contributed by atoms with van der Waals surface area (Å²) in [7, 11) is 1.32. The van der Waals surface area contributed by atoms with Crippen molar-refractivity contribution in [3.8, 4) is 5.75 Å². The van der Waals surface area contributed by atoms with E-state index < -0.39 is 29.5 Å². The van der Waals surface area contributed by atoms with E-state index in [-0.39, 0.29) is 30.6 Å². The van der Waals surface area contributed by atoms with Crippen LogP contribution in [0.5, 0.6) is 5.75 Å². The third-order valence-electron chi connectivity index (χ3n) is 3.09. The van der Waals surface area contributed by atoms with Crippen LogP contribution in [-0.4, -0.2) is 35.9 Å². The van der Waals surface area contributed by atoms with Crippen molar-refractivity contribution in [1.82, 2.24) is 5.32 Å². The van der Waals surface area contributed by atoms with Crippen molar-refractivity contribution in [2.45, 2.75) is 32.2 Å². The van der Waals surface area contributed by atoms with Gasteiger partial charge >= 0.3 is 5.97 Å². The van der Waals surface area contributed by atoms with Crippen LogP contribution in [0, 0.1) is 5.82 Å². The second-order valence-electron chi connectivity index (χ2n) is 4.64. The SMILES string of the molecule is CCC(NC(=O)CCC(=O)c1ccc(OC)c(F)c1)C(=O)O. The van der Waals surface area contributed by atoms with E-state index in [0.29, 0.717) is 0 Å². The molecule has 1 unspecified atom stereocenters. The summed E-state index contributed by atoms with van der Waals surface area (Å²) < 4.78 is 18.2. The first-order chi connectivity index (χ1) is 10.4. The molecule has 22 heavy (non-hydrogen) atoms. The van der Waals surface area contributed by atoms with Crippen molar-refractivity contribution in [3.05, 3.63) is 29.6 Å². The van der Waals surface area contributed by atoms with Crippen LogP contribution in [0.4, 0.5) is 4.39 Å². The van der Waals surface area contributed by atoms with Gasteiger partial charge in [-0.2, -0.15) is 0 Å². The fourth-order valence-electron chi connectivity index (χ4n) is 1.82. The van der Waals surface area contributed by atoms with Gasteiger partial charge in [0.2, 0.25) is 5.91 Å². The van der Waals surface area contributed by atoms with E-state index >= 15 is 0 Å². The Morgan fingerprint density at radius 2 is 2.00 bits per heavy atom. The normalized spacial score (nSPS) is 11.6. The third-order valence-corrected chi connectivity index (χ3v) is 3.09. The summed E-state index contributed by atoms with van der Waals surface area (Å²) in [5.41, 5.74) is 0.136. The Bertz CT molecular complexity index is 573. The minimum absolute atomic E-state index is 0.0292. The van der Waals surface area contributed by atoms with Crippen LogP contribution in [0.3, 0.4) is 0 Å². The molecule has 1 rings (SSSR count). The van der Waals surface area contributed by atoms with Gasteiger partial charge in [-0.05, 0) is 24.6 Å². The van der Waals surface area contributed by atoms with E-state index in [4.69, 9.17) is 9.84 Å². The predicted molar refractivity (Wildman–Crippen MR) is 76.4 cm³/mol. The highest BCUT2D eigenvalue weighted by atomic mass is 19.1. The highest BCUT2D eigenvalue weighted by Gasteiger charge is 2.18. The van der Waals surface area contributed by atoms with Gasteiger partial charge in [0.05, 0.1) is 7.11 Å². The number of carboxylic acids is 1. The highest BCUT2D eigenvalue weighted by molar-refractivity contribution is 5.98. The molecule has 1 aromatic carbocycles. The Morgan fingerprint density at radius 1 is 1.32 bits per heavy atom. The first-order valence-corrected chi connectivity index (χ1v) is 6.78. The van der Waals surface area contributed by atoms with Gasteiger partial charge in [0, 0.05) is 18.4 Å². The number of ketones is 1. The Balaban J connectivity index is 2.57. The lowest BCUT2D eigenvalue weighted by Gasteiger charge is -2.11. The number of Topliss-reactive ketones (excluding diaryl/α,β-unsaturated/α-hetero) is 1. The number of hydrogen-bond donors (Lipinski definition) is 2. The number of halogens is 1. The van der Waals surface area contributed by atoms with Crippen LogP contribution in [0.2, 0.25) is 0 Å². The number of aliphatic carboxylic acids is 1. The molecule has 0 saturated carbocycles. The van der Waals surface area contributed by atoms with Gasteiger partial charge in [0.15, 0.2) is 17.3 Å². The quantitative estimate of drug-likeness (QED) is 0.714. The number of nitrogens with one attached hydrogen (secondary N) is 1. The van der Waals surface area contributed by atoms with Gasteiger partial charge in [-0.15, -0.1) is 0 Å². The van der Waals surface area contributed by atoms with Crippen molar-refractivity contribution < 1.29 is 28.6 Å². The van der Waals surface area contributed by atoms with Crippen molar-refractivity contribution in [3.63, 3.8) is 0 Å². The lowest BCUT2D eigenvalue weighted by molar-refractivity contribution is -0.141. The largest absolute Gasteiger partial charge is 0.494 e. The van der Waals surface area contributed by atoms with Gasteiger partial charge in [-0.1, -0.05) is 6.92 Å². The molecular weight excluding hydrogens is 293 g/mol. The van der Waals surface area contributed by atoms with E-state index in [0.717, 1.165) is 6.07 Å². The van der Waals surface area contributed by atoms with Gasteiger partial charge in [-0.3, -0.25) is 9.59 Å². The monoisotopic (exact) mass is 311 g/mol. The molecule has 0 aliphatic carbocycles. The predicted octanol–water partition coefficient (Wildman–Crippen LogP) is 1.78. The van der Waals surface area contributed by atoms with Crippen molar-refractivity contribution >= 4 is 17.7 Å². The molecular formula is C15H18FNO5. The average Bonchev–Trinajstić information content (AvgIpc) is 2.49. The zero-order valence-corrected chi connectivity index (χ0v) is 12.4. The van der Waals surface area contributed by atoms with E-state index in [2.05, 4.69) is 5.32 Å². The van der Waals surface area contributed by atoms with Gasteiger partial charge < -0.3 is 15.2 Å². The van der Waals surface area contributed by atoms with Crippen LogP contribution >= 0.6 is 0 Å². The molecule has 7 heteroatoms. The van der Waals surface area contributed by atoms with Crippen LogP contribution in [0.15, 0.2) is 18.2 Å². The number of carboxylic acid groups (broad SMARTS) is 1. The summed E-state index contributed by atoms with van der Waals surface area (Å²) in [6, 6.07) is 2.82. The lowest BCUT2D eigenvalue weighted by Crippen LogP contribution is -2.40. The fraction of sp³-hybridized carbons (Fsp3) is 0.400. The van der Waals surface area contributed by atoms with Crippen molar-refractivity contribution in [2.75, 3.05) is 7.11 Å². The maximum absolute atomic E-state index is 13.5. The number of ether oxygens (including phenoxy) is 1. The maximum atomic E-state index is 13.5. The molecule has 0 heterocycles. The first-order valence-electron chi connectivity index (χ1n) is 6.78. The number of carbonyl (C=O) groups excluding carboxylic acids is 2. The number of carbonyl (C=O) groups is 3. The molecule has 0 aliphatic rings. The summed E-state index contributed by atoms with van der Waals surface area (Å²) in [5.74, 6) is -2.69. The number of benzene rings is 1. The fourth-order valence-corrected chi connectivity index (χ4v) is 1.82. The number of amides is 1. The maximum Gasteiger partial charge on any atom is 0.326 e. The van der Waals surface area contributed by atoms with Crippen LogP contribution in [0.25, 0.3) is 0 Å². The number of rotatable bonds is 8. The topological polar surface area (TPSA) is 92.7 Å². The molecule has 1 atom stereocenters. The van der Waals surface area contributed by atoms with Gasteiger partial charge in [-0.25, -0.2) is 9.18 Å². The molecule has 0 bridgehead atoms. The third kappa shape index (κ3) is 4.83. The van der Waals surface area contributed by atoms with Crippen LogP contribution < -0.4 is 10.1 Å². The average molecular weight is 311 g/mol. The lowest BCUT2D eigenvalue weighted by atomic mass is 10.1. The second-order valence-corrected chi connectivity index (χ2v) is 4.64. The van der Waals surface area contributed by atoms with E-state index in [1.54, 1.807) is 6.92 Å². The van der Waals surface area contributed by atoms with Crippen LogP contribution in [-0.2, 0) is 9.59 Å². The van der Waals surface area contributed by atoms with Crippen molar-refractivity contribution in [2.24, 2.45) is 0 Å². The Hall–Kier alpha value is -2.44. The first kappa shape index (κ1) is 17.6. The van der Waals surface area contributed by atoms with E-state index in [1.165, 1.54) is 19.2 Å². The summed E-state index contributed by atoms with van der Waals surface area (Å²) >= 11 is 0. The molecule has 0 spiro atoms. The second kappa shape index (κ2) is 8.11. The standard InChI is InChI=1S/C15H18FNO5/c1-3-11(15(20)21)17-14(19)7-5-12(18)9-4-6-13(22-2)10(16)8-9/h4,6,8,11H,3,5,7H2,1-2H3,(H,17,19)(H,20,21). The van der Waals surface area contributed by atoms with Gasteiger partial charge in [0.1, 0.15) is 6.04 Å². The minimum atomic E-state index is -1.13. The smallest absolute Gasteiger partial charge is 0.326 e. The molecule has 0 radical (unpaired) electrons. The summed E-state index contributed by atoms with van der Waals surface area (Å²) in [4.78, 5) is 34.3. The summed E-state index contributed by atoms with van der Waals surface area (Å²) in [6.07, 6.45) is -0.0391. The van der Waals surface area contributed by atoms with Gasteiger partial charge in [0.25, 0.3) is 0 Å². The number of methoxy groups -OCH3 is 1. The molecule has 1 amide bonds. The van der Waals surface area contributed by atoms with E-state index in [9.17, 15) is 18.8 Å². The zero-order valence-electron chi connectivity index (χ0n) is 12.4. The Labute approximate surface area is 127 Å². The molecule has 1 aromatic rings. The molecule has 0 saturated heterocycles. The highest BCUT2D eigenvalue weighted by Crippen LogP contribution is 2.18. The molecule has 0 aliphatic heterocycles. The van der Waals surface area contributed by atoms with Crippen molar-refractivity contribution in [1.29, 1.82) is 0 Å². The Morgan fingerprint density at radius 3 is 2.50 bits per heavy atom. The minimum Gasteiger partial charge on any atom is -0.494 e.